The van der Waals surface area contributed by atoms with Crippen LogP contribution in [-0.2, 0) is 4.79 Å². The van der Waals surface area contributed by atoms with Crippen molar-refractivity contribution in [2.75, 3.05) is 18.0 Å². The van der Waals surface area contributed by atoms with Crippen molar-refractivity contribution in [3.63, 3.8) is 0 Å². The van der Waals surface area contributed by atoms with Crippen molar-refractivity contribution in [1.29, 1.82) is 0 Å². The number of rotatable bonds is 5. The summed E-state index contributed by atoms with van der Waals surface area (Å²) in [6.45, 7) is 4.20. The number of furan rings is 1. The van der Waals surface area contributed by atoms with Crippen LogP contribution in [0, 0.1) is 6.92 Å². The molecule has 2 aromatic rings. The van der Waals surface area contributed by atoms with Crippen molar-refractivity contribution >= 4 is 33.4 Å². The van der Waals surface area contributed by atoms with Gasteiger partial charge >= 0.3 is 0 Å². The Balaban J connectivity index is 1.99. The smallest absolute Gasteiger partial charge is 0.287 e. The Bertz CT molecular complexity index is 668. The molecule has 0 aliphatic heterocycles. The van der Waals surface area contributed by atoms with Crippen molar-refractivity contribution in [2.24, 2.45) is 0 Å². The highest BCUT2D eigenvalue weighted by atomic mass is 79.9. The topological polar surface area (TPSA) is 62.6 Å². The van der Waals surface area contributed by atoms with E-state index in [1.54, 1.807) is 17.0 Å². The highest BCUT2D eigenvalue weighted by molar-refractivity contribution is 9.10. The zero-order valence-electron chi connectivity index (χ0n) is 12.4. The molecule has 0 saturated heterocycles. The van der Waals surface area contributed by atoms with Crippen LogP contribution in [0.1, 0.15) is 23.0 Å². The van der Waals surface area contributed by atoms with Gasteiger partial charge in [0, 0.05) is 30.2 Å². The molecule has 0 atom stereocenters. The number of hydrogen-bond acceptors (Lipinski definition) is 3. The fraction of sp³-hybridized carbons (Fsp3) is 0.250. The average Bonchev–Trinajstić information content (AvgIpc) is 3.00. The Kier molecular flexibility index (Phi) is 5.38. The van der Waals surface area contributed by atoms with E-state index in [4.69, 9.17) is 4.42 Å². The molecule has 0 aliphatic rings. The van der Waals surface area contributed by atoms with Gasteiger partial charge in [-0.15, -0.1) is 0 Å². The summed E-state index contributed by atoms with van der Waals surface area (Å²) in [4.78, 5) is 25.2. The zero-order valence-corrected chi connectivity index (χ0v) is 14.0. The second-order valence-electron chi connectivity index (χ2n) is 4.84. The van der Waals surface area contributed by atoms with Gasteiger partial charge in [0.1, 0.15) is 0 Å². The van der Waals surface area contributed by atoms with Crippen LogP contribution >= 0.6 is 15.9 Å². The molecule has 6 heteroatoms. The van der Waals surface area contributed by atoms with Gasteiger partial charge in [0.25, 0.3) is 5.91 Å². The normalized spacial score (nSPS) is 10.3. The lowest BCUT2D eigenvalue weighted by Gasteiger charge is -2.22. The molecule has 22 heavy (non-hydrogen) atoms. The summed E-state index contributed by atoms with van der Waals surface area (Å²) in [5.41, 5.74) is 1.85. The molecule has 2 amide bonds. The predicted molar refractivity (Wildman–Crippen MR) is 87.9 cm³/mol. The predicted octanol–water partition coefficient (Wildman–Crippen LogP) is 3.13. The number of carbonyl (C=O) groups excluding carboxylic acids is 2. The fourth-order valence-corrected chi connectivity index (χ4v) is 2.29. The molecule has 0 bridgehead atoms. The number of nitrogens with one attached hydrogen (secondary N) is 1. The Hall–Kier alpha value is -2.08. The standard InChI is InChI=1S/C16H17BrN2O3/c1-11-10-13(5-6-14(11)17)19(12(2)20)8-7-18-16(21)15-4-3-9-22-15/h3-6,9-10H,7-8H2,1-2H3,(H,18,21). The number of amides is 2. The third kappa shape index (κ3) is 3.98. The maximum absolute atomic E-state index is 11.8. The molecule has 1 aromatic carbocycles. The molecule has 0 spiro atoms. The van der Waals surface area contributed by atoms with E-state index in [-0.39, 0.29) is 17.6 Å². The third-order valence-corrected chi connectivity index (χ3v) is 4.09. The Morgan fingerprint density at radius 3 is 2.68 bits per heavy atom. The van der Waals surface area contributed by atoms with Crippen LogP contribution in [0.5, 0.6) is 0 Å². The van der Waals surface area contributed by atoms with Crippen LogP contribution in [0.15, 0.2) is 45.5 Å². The van der Waals surface area contributed by atoms with E-state index in [9.17, 15) is 9.59 Å². The molecule has 0 unspecified atom stereocenters. The number of benzene rings is 1. The summed E-state index contributed by atoms with van der Waals surface area (Å²) in [5, 5.41) is 2.73. The molecule has 2 rings (SSSR count). The molecule has 0 radical (unpaired) electrons. The fourth-order valence-electron chi connectivity index (χ4n) is 2.04. The van der Waals surface area contributed by atoms with Gasteiger partial charge in [-0.3, -0.25) is 9.59 Å². The highest BCUT2D eigenvalue weighted by Gasteiger charge is 2.13. The van der Waals surface area contributed by atoms with Crippen LogP contribution in [0.3, 0.4) is 0 Å². The number of hydrogen-bond donors (Lipinski definition) is 1. The maximum Gasteiger partial charge on any atom is 0.287 e. The van der Waals surface area contributed by atoms with Crippen LogP contribution in [-0.4, -0.2) is 24.9 Å². The first-order valence-electron chi connectivity index (χ1n) is 6.85. The van der Waals surface area contributed by atoms with Crippen LogP contribution < -0.4 is 10.2 Å². The number of nitrogens with zero attached hydrogens (tertiary/aromatic N) is 1. The first-order valence-corrected chi connectivity index (χ1v) is 7.64. The maximum atomic E-state index is 11.8. The zero-order chi connectivity index (χ0) is 16.1. The summed E-state index contributed by atoms with van der Waals surface area (Å²) in [5.74, 6) is -0.108. The van der Waals surface area contributed by atoms with Crippen LogP contribution in [0.25, 0.3) is 0 Å². The monoisotopic (exact) mass is 364 g/mol. The molecule has 5 nitrogen and oxygen atoms in total. The molecule has 0 saturated carbocycles. The van der Waals surface area contributed by atoms with Gasteiger partial charge in [-0.05, 0) is 42.8 Å². The lowest BCUT2D eigenvalue weighted by molar-refractivity contribution is -0.116. The van der Waals surface area contributed by atoms with Gasteiger partial charge in [0.2, 0.25) is 5.91 Å². The molecule has 1 N–H and O–H groups in total. The number of carbonyl (C=O) groups is 2. The van der Waals surface area contributed by atoms with Crippen molar-refractivity contribution in [3.8, 4) is 0 Å². The largest absolute Gasteiger partial charge is 0.459 e. The number of anilines is 1. The second-order valence-corrected chi connectivity index (χ2v) is 5.69. The summed E-state index contributed by atoms with van der Waals surface area (Å²) in [7, 11) is 0. The quantitative estimate of drug-likeness (QED) is 0.886. The van der Waals surface area contributed by atoms with Crippen molar-refractivity contribution in [1.82, 2.24) is 5.32 Å². The number of halogens is 1. The Morgan fingerprint density at radius 1 is 1.32 bits per heavy atom. The van der Waals surface area contributed by atoms with Gasteiger partial charge in [0.15, 0.2) is 5.76 Å². The lowest BCUT2D eigenvalue weighted by atomic mass is 10.2. The summed E-state index contributed by atoms with van der Waals surface area (Å²) in [6.07, 6.45) is 1.45. The van der Waals surface area contributed by atoms with E-state index >= 15 is 0 Å². The Labute approximate surface area is 137 Å². The lowest BCUT2D eigenvalue weighted by Crippen LogP contribution is -2.37. The summed E-state index contributed by atoms with van der Waals surface area (Å²) < 4.78 is 6.01. The van der Waals surface area contributed by atoms with E-state index in [0.29, 0.717) is 13.1 Å². The van der Waals surface area contributed by atoms with E-state index in [2.05, 4.69) is 21.2 Å². The van der Waals surface area contributed by atoms with Crippen molar-refractivity contribution < 1.29 is 14.0 Å². The SMILES string of the molecule is CC(=O)N(CCNC(=O)c1ccco1)c1ccc(Br)c(C)c1. The number of aryl methyl sites for hydroxylation is 1. The van der Waals surface area contributed by atoms with Gasteiger partial charge in [-0.1, -0.05) is 15.9 Å². The van der Waals surface area contributed by atoms with E-state index in [0.717, 1.165) is 15.7 Å². The van der Waals surface area contributed by atoms with Crippen LogP contribution in [0.4, 0.5) is 5.69 Å². The minimum atomic E-state index is -0.291. The van der Waals surface area contributed by atoms with Gasteiger partial charge in [-0.2, -0.15) is 0 Å². The summed E-state index contributed by atoms with van der Waals surface area (Å²) >= 11 is 3.44. The molecule has 1 heterocycles. The molecule has 116 valence electrons. The molecule has 0 aliphatic carbocycles. The Morgan fingerprint density at radius 2 is 2.09 bits per heavy atom. The van der Waals surface area contributed by atoms with E-state index in [1.807, 2.05) is 25.1 Å². The molecular weight excluding hydrogens is 348 g/mol. The molecular formula is C16H17BrN2O3. The first kappa shape index (κ1) is 16.3. The van der Waals surface area contributed by atoms with Crippen molar-refractivity contribution in [2.45, 2.75) is 13.8 Å². The average molecular weight is 365 g/mol. The van der Waals surface area contributed by atoms with Crippen molar-refractivity contribution in [3.05, 3.63) is 52.4 Å². The van der Waals surface area contributed by atoms with Gasteiger partial charge in [0.05, 0.1) is 6.26 Å². The second kappa shape index (κ2) is 7.26. The molecule has 1 aromatic heterocycles. The first-order chi connectivity index (χ1) is 10.5. The minimum absolute atomic E-state index is 0.0750. The third-order valence-electron chi connectivity index (χ3n) is 3.20. The summed E-state index contributed by atoms with van der Waals surface area (Å²) in [6, 6.07) is 8.95. The molecule has 0 fully saturated rings. The van der Waals surface area contributed by atoms with E-state index in [1.165, 1.54) is 13.2 Å². The van der Waals surface area contributed by atoms with Gasteiger partial charge < -0.3 is 14.6 Å². The van der Waals surface area contributed by atoms with Gasteiger partial charge in [-0.25, -0.2) is 0 Å². The highest BCUT2D eigenvalue weighted by Crippen LogP contribution is 2.22. The van der Waals surface area contributed by atoms with Crippen LogP contribution in [0.2, 0.25) is 0 Å². The van der Waals surface area contributed by atoms with E-state index < -0.39 is 0 Å². The minimum Gasteiger partial charge on any atom is -0.459 e.